The van der Waals surface area contributed by atoms with Gasteiger partial charge in [0.2, 0.25) is 0 Å². The van der Waals surface area contributed by atoms with Crippen LogP contribution in [0.4, 0.5) is 22.0 Å². The van der Waals surface area contributed by atoms with E-state index in [2.05, 4.69) is 27.3 Å². The van der Waals surface area contributed by atoms with E-state index in [4.69, 9.17) is 0 Å². The summed E-state index contributed by atoms with van der Waals surface area (Å²) >= 11 is 0. The second-order valence-electron chi connectivity index (χ2n) is 6.70. The molecule has 0 radical (unpaired) electrons. The van der Waals surface area contributed by atoms with E-state index in [1.807, 2.05) is 61.5 Å². The van der Waals surface area contributed by atoms with Crippen LogP contribution in [0, 0.1) is 6.92 Å². The average molecular weight is 358 g/mol. The Balaban J connectivity index is 1.55. The van der Waals surface area contributed by atoms with Crippen molar-refractivity contribution in [3.8, 4) is 0 Å². The maximum Gasteiger partial charge on any atom is 0.326 e. The molecule has 0 atom stereocenters. The minimum Gasteiger partial charge on any atom is -0.349 e. The van der Waals surface area contributed by atoms with Crippen LogP contribution in [0.15, 0.2) is 72.9 Å². The molecule has 0 spiro atoms. The molecule has 0 bridgehead atoms. The molecule has 3 aromatic rings. The van der Waals surface area contributed by atoms with Crippen LogP contribution in [-0.4, -0.2) is 24.1 Å². The van der Waals surface area contributed by atoms with Gasteiger partial charge in [0.1, 0.15) is 0 Å². The Labute approximate surface area is 159 Å². The largest absolute Gasteiger partial charge is 0.349 e. The van der Waals surface area contributed by atoms with E-state index in [9.17, 15) is 4.79 Å². The van der Waals surface area contributed by atoms with E-state index < -0.39 is 0 Å². The first-order valence-corrected chi connectivity index (χ1v) is 9.10. The van der Waals surface area contributed by atoms with E-state index in [0.29, 0.717) is 6.54 Å². The Morgan fingerprint density at radius 2 is 1.78 bits per heavy atom. The topological polar surface area (TPSA) is 48.5 Å². The third kappa shape index (κ3) is 3.77. The first kappa shape index (κ1) is 17.1. The van der Waals surface area contributed by atoms with Crippen molar-refractivity contribution in [3.63, 3.8) is 0 Å². The van der Waals surface area contributed by atoms with Crippen molar-refractivity contribution in [2.24, 2.45) is 0 Å². The first-order chi connectivity index (χ1) is 13.2. The number of urea groups is 1. The number of benzene rings is 2. The lowest BCUT2D eigenvalue weighted by molar-refractivity contribution is 0.256. The van der Waals surface area contributed by atoms with Crippen molar-refractivity contribution >= 4 is 23.2 Å². The number of amides is 2. The van der Waals surface area contributed by atoms with Crippen LogP contribution in [0.25, 0.3) is 0 Å². The van der Waals surface area contributed by atoms with Gasteiger partial charge in [0, 0.05) is 31.5 Å². The Morgan fingerprint density at radius 3 is 2.56 bits per heavy atom. The number of aromatic nitrogens is 1. The summed E-state index contributed by atoms with van der Waals surface area (Å²) < 4.78 is 0. The number of rotatable bonds is 3. The number of hydrogen-bond acceptors (Lipinski definition) is 3. The van der Waals surface area contributed by atoms with E-state index >= 15 is 0 Å². The molecule has 2 heterocycles. The Hall–Kier alpha value is -3.34. The van der Waals surface area contributed by atoms with Crippen LogP contribution in [0.5, 0.6) is 0 Å². The van der Waals surface area contributed by atoms with Gasteiger partial charge in [0.25, 0.3) is 0 Å². The monoisotopic (exact) mass is 358 g/mol. The number of anilines is 3. The summed E-state index contributed by atoms with van der Waals surface area (Å²) in [5.74, 6) is 0.839. The van der Waals surface area contributed by atoms with Crippen LogP contribution in [0.1, 0.15) is 11.1 Å². The van der Waals surface area contributed by atoms with Gasteiger partial charge in [-0.3, -0.25) is 4.90 Å². The van der Waals surface area contributed by atoms with Crippen molar-refractivity contribution in [3.05, 3.63) is 84.1 Å². The SMILES string of the molecule is Cc1ccc(NC(=O)N2CCN(Cc3ccccc3)c3ncccc32)cc1. The van der Waals surface area contributed by atoms with E-state index in [0.717, 1.165) is 35.8 Å². The molecule has 4 rings (SSSR count). The number of pyridine rings is 1. The molecule has 136 valence electrons. The van der Waals surface area contributed by atoms with Gasteiger partial charge in [-0.1, -0.05) is 48.0 Å². The van der Waals surface area contributed by atoms with Crippen LogP contribution in [0.3, 0.4) is 0 Å². The number of carbonyl (C=O) groups excluding carboxylic acids is 1. The summed E-state index contributed by atoms with van der Waals surface area (Å²) in [6.45, 7) is 4.15. The molecule has 1 aliphatic heterocycles. The standard InChI is InChI=1S/C22H22N4O/c1-17-9-11-19(12-10-17)24-22(27)26-15-14-25(16-18-6-3-2-4-7-18)21-20(26)8-5-13-23-21/h2-13H,14-16H2,1H3,(H,24,27). The van der Waals surface area contributed by atoms with Gasteiger partial charge in [-0.25, -0.2) is 9.78 Å². The third-order valence-electron chi connectivity index (χ3n) is 4.71. The van der Waals surface area contributed by atoms with Crippen molar-refractivity contribution in [2.45, 2.75) is 13.5 Å². The second kappa shape index (κ2) is 7.50. The van der Waals surface area contributed by atoms with Crippen LogP contribution in [0.2, 0.25) is 0 Å². The molecule has 1 aromatic heterocycles. The Morgan fingerprint density at radius 1 is 1.00 bits per heavy atom. The smallest absolute Gasteiger partial charge is 0.326 e. The third-order valence-corrected chi connectivity index (χ3v) is 4.71. The Kier molecular flexibility index (Phi) is 4.75. The molecule has 0 saturated carbocycles. The van der Waals surface area contributed by atoms with Gasteiger partial charge in [0.05, 0.1) is 5.69 Å². The molecule has 1 aliphatic rings. The molecule has 0 saturated heterocycles. The lowest BCUT2D eigenvalue weighted by Crippen LogP contribution is -2.46. The number of nitrogens with one attached hydrogen (secondary N) is 1. The number of carbonyl (C=O) groups is 1. The first-order valence-electron chi connectivity index (χ1n) is 9.10. The van der Waals surface area contributed by atoms with Crippen molar-refractivity contribution in [2.75, 3.05) is 28.2 Å². The van der Waals surface area contributed by atoms with Crippen LogP contribution >= 0.6 is 0 Å². The highest BCUT2D eigenvalue weighted by Crippen LogP contribution is 2.32. The summed E-state index contributed by atoms with van der Waals surface area (Å²) in [6, 6.07) is 21.8. The fourth-order valence-corrected chi connectivity index (χ4v) is 3.29. The predicted octanol–water partition coefficient (Wildman–Crippen LogP) is 4.45. The van der Waals surface area contributed by atoms with E-state index in [1.54, 1.807) is 11.1 Å². The normalized spacial score (nSPS) is 13.2. The molecule has 0 fully saturated rings. The fourth-order valence-electron chi connectivity index (χ4n) is 3.29. The molecule has 5 heteroatoms. The number of hydrogen-bond donors (Lipinski definition) is 1. The number of nitrogens with zero attached hydrogens (tertiary/aromatic N) is 3. The zero-order valence-electron chi connectivity index (χ0n) is 15.3. The summed E-state index contributed by atoms with van der Waals surface area (Å²) in [5.41, 5.74) is 4.02. The molecule has 27 heavy (non-hydrogen) atoms. The van der Waals surface area contributed by atoms with Crippen LogP contribution in [-0.2, 0) is 6.54 Å². The van der Waals surface area contributed by atoms with E-state index in [-0.39, 0.29) is 6.03 Å². The minimum absolute atomic E-state index is 0.132. The maximum absolute atomic E-state index is 12.8. The molecular formula is C22H22N4O. The molecule has 2 amide bonds. The highest BCUT2D eigenvalue weighted by molar-refractivity contribution is 6.04. The van der Waals surface area contributed by atoms with Gasteiger partial charge in [-0.05, 0) is 36.8 Å². The molecule has 2 aromatic carbocycles. The maximum atomic E-state index is 12.8. The van der Waals surface area contributed by atoms with Crippen molar-refractivity contribution < 1.29 is 4.79 Å². The predicted molar refractivity (Wildman–Crippen MR) is 109 cm³/mol. The fraction of sp³-hybridized carbons (Fsp3) is 0.182. The molecule has 1 N–H and O–H groups in total. The highest BCUT2D eigenvalue weighted by Gasteiger charge is 2.27. The van der Waals surface area contributed by atoms with Crippen LogP contribution < -0.4 is 15.1 Å². The van der Waals surface area contributed by atoms with Gasteiger partial charge in [0.15, 0.2) is 5.82 Å². The highest BCUT2D eigenvalue weighted by atomic mass is 16.2. The van der Waals surface area contributed by atoms with Gasteiger partial charge in [-0.15, -0.1) is 0 Å². The van der Waals surface area contributed by atoms with E-state index in [1.165, 1.54) is 5.56 Å². The lowest BCUT2D eigenvalue weighted by Gasteiger charge is -2.36. The zero-order valence-corrected chi connectivity index (χ0v) is 15.3. The molecule has 5 nitrogen and oxygen atoms in total. The van der Waals surface area contributed by atoms with Gasteiger partial charge < -0.3 is 10.2 Å². The summed E-state index contributed by atoms with van der Waals surface area (Å²) in [6.07, 6.45) is 1.78. The summed E-state index contributed by atoms with van der Waals surface area (Å²) in [4.78, 5) is 21.4. The molecular weight excluding hydrogens is 336 g/mol. The van der Waals surface area contributed by atoms with Gasteiger partial charge in [-0.2, -0.15) is 0 Å². The number of aryl methyl sites for hydroxylation is 1. The minimum atomic E-state index is -0.132. The average Bonchev–Trinajstić information content (AvgIpc) is 2.71. The quantitative estimate of drug-likeness (QED) is 0.752. The molecule has 0 unspecified atom stereocenters. The summed E-state index contributed by atoms with van der Waals surface area (Å²) in [7, 11) is 0. The lowest BCUT2D eigenvalue weighted by atomic mass is 10.2. The Bertz CT molecular complexity index is 925. The van der Waals surface area contributed by atoms with Crippen molar-refractivity contribution in [1.82, 2.24) is 4.98 Å². The second-order valence-corrected chi connectivity index (χ2v) is 6.70. The summed E-state index contributed by atoms with van der Waals surface area (Å²) in [5, 5.41) is 2.98. The van der Waals surface area contributed by atoms with Gasteiger partial charge >= 0.3 is 6.03 Å². The molecule has 0 aliphatic carbocycles. The zero-order chi connectivity index (χ0) is 18.6. The van der Waals surface area contributed by atoms with Crippen molar-refractivity contribution in [1.29, 1.82) is 0 Å². The number of fused-ring (bicyclic) bond motifs is 1.